The summed E-state index contributed by atoms with van der Waals surface area (Å²) in [6, 6.07) is 1.37. The van der Waals surface area contributed by atoms with E-state index in [0.29, 0.717) is 50.7 Å². The topological polar surface area (TPSA) is 79.9 Å². The van der Waals surface area contributed by atoms with Crippen LogP contribution in [0.2, 0.25) is 0 Å². The van der Waals surface area contributed by atoms with E-state index in [1.165, 1.54) is 32.1 Å². The highest BCUT2D eigenvalue weighted by atomic mass is 16.5. The summed E-state index contributed by atoms with van der Waals surface area (Å²) in [6.07, 6.45) is 9.54. The van der Waals surface area contributed by atoms with Crippen LogP contribution in [0.3, 0.4) is 0 Å². The first-order valence-corrected chi connectivity index (χ1v) is 11.6. The predicted molar refractivity (Wildman–Crippen MR) is 109 cm³/mol. The summed E-state index contributed by atoms with van der Waals surface area (Å²) in [5, 5.41) is 6.07. The second-order valence-corrected chi connectivity index (χ2v) is 9.36. The molecule has 2 saturated heterocycles. The summed E-state index contributed by atoms with van der Waals surface area (Å²) in [4.78, 5) is 27.6. The lowest BCUT2D eigenvalue weighted by Gasteiger charge is -2.34. The van der Waals surface area contributed by atoms with E-state index in [-0.39, 0.29) is 29.8 Å². The fourth-order valence-corrected chi connectivity index (χ4v) is 5.68. The van der Waals surface area contributed by atoms with E-state index in [0.717, 1.165) is 19.4 Å². The van der Waals surface area contributed by atoms with Crippen LogP contribution in [0, 0.1) is 11.8 Å². The maximum Gasteiger partial charge on any atom is 0.222 e. The quantitative estimate of drug-likeness (QED) is 0.566. The fraction of sp³-hybridized carbons (Fsp3) is 0.909. The van der Waals surface area contributed by atoms with Gasteiger partial charge in [0.25, 0.3) is 0 Å². The molecule has 2 amide bonds. The second kappa shape index (κ2) is 9.75. The van der Waals surface area contributed by atoms with Crippen molar-refractivity contribution in [1.29, 1.82) is 0 Å². The van der Waals surface area contributed by atoms with E-state index >= 15 is 0 Å². The van der Waals surface area contributed by atoms with Gasteiger partial charge in [-0.3, -0.25) is 14.5 Å². The first kappa shape index (κ1) is 21.1. The summed E-state index contributed by atoms with van der Waals surface area (Å²) in [7, 11) is 1.63. The van der Waals surface area contributed by atoms with Crippen molar-refractivity contribution in [3.8, 4) is 0 Å². The van der Waals surface area contributed by atoms with Crippen LogP contribution in [0.1, 0.15) is 57.8 Å². The second-order valence-electron chi connectivity index (χ2n) is 9.36. The average Bonchev–Trinajstić information content (AvgIpc) is 3.32. The molecule has 0 radical (unpaired) electrons. The van der Waals surface area contributed by atoms with Crippen molar-refractivity contribution in [1.82, 2.24) is 15.5 Å². The molecule has 4 aliphatic rings. The Kier molecular flexibility index (Phi) is 7.08. The third kappa shape index (κ3) is 5.30. The van der Waals surface area contributed by atoms with Gasteiger partial charge in [0.2, 0.25) is 11.8 Å². The standard InChI is InChI=1S/C22H37N3O4/c1-28-10-9-23-20(26)12-19-22-15(11-21(27)24-16-7-8-16)13-25(18(22)14-29-19)17-5-3-2-4-6-17/h15-19,22H,2-14H2,1H3,(H,23,26)(H,24,27)/t15-,18-,19+,22-/m1/s1. The Balaban J connectivity index is 1.40. The number of nitrogens with zero attached hydrogens (tertiary/aromatic N) is 1. The van der Waals surface area contributed by atoms with Gasteiger partial charge >= 0.3 is 0 Å². The lowest BCUT2D eigenvalue weighted by Crippen LogP contribution is -2.42. The lowest BCUT2D eigenvalue weighted by molar-refractivity contribution is -0.124. The molecule has 0 aromatic rings. The van der Waals surface area contributed by atoms with Crippen LogP contribution in [0.25, 0.3) is 0 Å². The smallest absolute Gasteiger partial charge is 0.222 e. The molecule has 29 heavy (non-hydrogen) atoms. The number of fused-ring (bicyclic) bond motifs is 1. The number of rotatable bonds is 9. The van der Waals surface area contributed by atoms with Crippen molar-refractivity contribution >= 4 is 11.8 Å². The zero-order valence-corrected chi connectivity index (χ0v) is 17.7. The molecule has 2 aliphatic heterocycles. The van der Waals surface area contributed by atoms with Crippen molar-refractivity contribution in [2.24, 2.45) is 11.8 Å². The Hall–Kier alpha value is -1.18. The van der Waals surface area contributed by atoms with Crippen LogP contribution in [-0.4, -0.2) is 74.4 Å². The number of nitrogens with one attached hydrogen (secondary N) is 2. The number of methoxy groups -OCH3 is 1. The molecular formula is C22H37N3O4. The number of carbonyl (C=O) groups excluding carboxylic acids is 2. The van der Waals surface area contributed by atoms with Gasteiger partial charge in [0.1, 0.15) is 0 Å². The monoisotopic (exact) mass is 407 g/mol. The molecule has 164 valence electrons. The Morgan fingerprint density at radius 2 is 1.86 bits per heavy atom. The van der Waals surface area contributed by atoms with Gasteiger partial charge in [0, 0.05) is 50.7 Å². The third-order valence-electron chi connectivity index (χ3n) is 7.22. The maximum absolute atomic E-state index is 12.6. The van der Waals surface area contributed by atoms with Gasteiger partial charge in [0.15, 0.2) is 0 Å². The molecule has 2 saturated carbocycles. The van der Waals surface area contributed by atoms with Crippen LogP contribution in [0.15, 0.2) is 0 Å². The van der Waals surface area contributed by atoms with Gasteiger partial charge < -0.3 is 20.1 Å². The Morgan fingerprint density at radius 1 is 1.07 bits per heavy atom. The first-order valence-electron chi connectivity index (χ1n) is 11.6. The van der Waals surface area contributed by atoms with E-state index in [1.807, 2.05) is 0 Å². The van der Waals surface area contributed by atoms with Gasteiger partial charge in [-0.15, -0.1) is 0 Å². The Labute approximate surface area is 174 Å². The molecule has 7 nitrogen and oxygen atoms in total. The predicted octanol–water partition coefficient (Wildman–Crippen LogP) is 1.46. The summed E-state index contributed by atoms with van der Waals surface area (Å²) in [5.41, 5.74) is 0. The maximum atomic E-state index is 12.6. The van der Waals surface area contributed by atoms with Gasteiger partial charge in [-0.1, -0.05) is 19.3 Å². The number of hydrogen-bond donors (Lipinski definition) is 2. The minimum Gasteiger partial charge on any atom is -0.383 e. The van der Waals surface area contributed by atoms with Crippen LogP contribution < -0.4 is 10.6 Å². The summed E-state index contributed by atoms with van der Waals surface area (Å²) >= 11 is 0. The molecule has 4 fully saturated rings. The van der Waals surface area contributed by atoms with Crippen molar-refractivity contribution in [3.63, 3.8) is 0 Å². The van der Waals surface area contributed by atoms with Gasteiger partial charge in [-0.05, 0) is 31.6 Å². The highest BCUT2D eigenvalue weighted by Gasteiger charge is 2.52. The molecule has 0 spiro atoms. The minimum atomic E-state index is -0.0881. The van der Waals surface area contributed by atoms with Crippen LogP contribution in [0.4, 0.5) is 0 Å². The molecule has 4 atom stereocenters. The average molecular weight is 408 g/mol. The van der Waals surface area contributed by atoms with E-state index in [9.17, 15) is 9.59 Å². The summed E-state index contributed by atoms with van der Waals surface area (Å²) in [5.74, 6) is 0.747. The van der Waals surface area contributed by atoms with Crippen molar-refractivity contribution in [2.45, 2.75) is 82.0 Å². The SMILES string of the molecule is COCCNC(=O)C[C@@H]1OC[C@@H]2[C@H]1[C@H](CC(=O)NC1CC1)CN2C1CCCCC1. The number of hydrogen-bond acceptors (Lipinski definition) is 5. The van der Waals surface area contributed by atoms with E-state index in [1.54, 1.807) is 7.11 Å². The number of ether oxygens (including phenoxy) is 2. The molecule has 7 heteroatoms. The van der Waals surface area contributed by atoms with Crippen LogP contribution >= 0.6 is 0 Å². The summed E-state index contributed by atoms with van der Waals surface area (Å²) < 4.78 is 11.2. The van der Waals surface area contributed by atoms with E-state index < -0.39 is 0 Å². The fourth-order valence-electron chi connectivity index (χ4n) is 5.68. The van der Waals surface area contributed by atoms with Gasteiger partial charge in [-0.2, -0.15) is 0 Å². The molecule has 4 rings (SSSR count). The molecule has 0 bridgehead atoms. The van der Waals surface area contributed by atoms with E-state index in [2.05, 4.69) is 15.5 Å². The number of carbonyl (C=O) groups is 2. The molecule has 2 heterocycles. The normalized spacial score (nSPS) is 32.9. The highest BCUT2D eigenvalue weighted by Crippen LogP contribution is 2.44. The van der Waals surface area contributed by atoms with Gasteiger partial charge in [0.05, 0.1) is 25.7 Å². The minimum absolute atomic E-state index is 0.0185. The Morgan fingerprint density at radius 3 is 2.59 bits per heavy atom. The number of likely N-dealkylation sites (tertiary alicyclic amines) is 1. The number of amides is 2. The van der Waals surface area contributed by atoms with Crippen molar-refractivity contribution in [3.05, 3.63) is 0 Å². The van der Waals surface area contributed by atoms with Crippen molar-refractivity contribution < 1.29 is 19.1 Å². The van der Waals surface area contributed by atoms with Gasteiger partial charge in [-0.25, -0.2) is 0 Å². The third-order valence-corrected chi connectivity index (χ3v) is 7.22. The molecular weight excluding hydrogens is 370 g/mol. The highest BCUT2D eigenvalue weighted by molar-refractivity contribution is 5.77. The largest absolute Gasteiger partial charge is 0.383 e. The lowest BCUT2D eigenvalue weighted by atomic mass is 9.84. The van der Waals surface area contributed by atoms with E-state index in [4.69, 9.17) is 9.47 Å². The molecule has 0 aromatic heterocycles. The summed E-state index contributed by atoms with van der Waals surface area (Å²) in [6.45, 7) is 2.71. The zero-order valence-electron chi connectivity index (χ0n) is 17.7. The molecule has 0 unspecified atom stereocenters. The van der Waals surface area contributed by atoms with Crippen LogP contribution in [-0.2, 0) is 19.1 Å². The van der Waals surface area contributed by atoms with Crippen LogP contribution in [0.5, 0.6) is 0 Å². The zero-order chi connectivity index (χ0) is 20.2. The molecule has 2 aliphatic carbocycles. The van der Waals surface area contributed by atoms with Crippen molar-refractivity contribution in [2.75, 3.05) is 33.4 Å². The molecule has 0 aromatic carbocycles. The Bertz CT molecular complexity index is 576. The first-order chi connectivity index (χ1) is 14.2. The molecule has 2 N–H and O–H groups in total.